The van der Waals surface area contributed by atoms with Gasteiger partial charge in [0.05, 0.1) is 0 Å². The largest absolute Gasteiger partial charge is 0.366 e. The molecule has 4 heteroatoms. The van der Waals surface area contributed by atoms with Crippen molar-refractivity contribution in [2.75, 3.05) is 6.54 Å². The predicted molar refractivity (Wildman–Crippen MR) is 86.5 cm³/mol. The molecule has 1 atom stereocenters. The lowest BCUT2D eigenvalue weighted by Gasteiger charge is -2.13. The van der Waals surface area contributed by atoms with Crippen LogP contribution in [0.4, 0.5) is 0 Å². The number of benzene rings is 2. The van der Waals surface area contributed by atoms with Gasteiger partial charge in [-0.05, 0) is 29.2 Å². The Morgan fingerprint density at radius 1 is 1.24 bits per heavy atom. The predicted octanol–water partition coefficient (Wildman–Crippen LogP) is 3.33. The zero-order valence-corrected chi connectivity index (χ0v) is 12.7. The van der Waals surface area contributed by atoms with Gasteiger partial charge in [-0.15, -0.1) is 0 Å². The number of hydrogen-bond donors (Lipinski definition) is 2. The number of primary amides is 1. The summed E-state index contributed by atoms with van der Waals surface area (Å²) in [6.07, 6.45) is 0. The second kappa shape index (κ2) is 7.25. The number of carbonyl (C=O) groups excluding carboxylic acids is 1. The van der Waals surface area contributed by atoms with Crippen molar-refractivity contribution in [2.45, 2.75) is 19.4 Å². The topological polar surface area (TPSA) is 55.1 Å². The van der Waals surface area contributed by atoms with E-state index in [1.807, 2.05) is 24.3 Å². The number of halogens is 1. The fraction of sp³-hybridized carbons (Fsp3) is 0.235. The van der Waals surface area contributed by atoms with Crippen molar-refractivity contribution in [3.8, 4) is 0 Å². The second-order valence-corrected chi connectivity index (χ2v) is 5.52. The minimum atomic E-state index is -0.464. The van der Waals surface area contributed by atoms with Gasteiger partial charge in [-0.3, -0.25) is 4.79 Å². The number of carbonyl (C=O) groups is 1. The summed E-state index contributed by atoms with van der Waals surface area (Å²) < 4.78 is 0. The van der Waals surface area contributed by atoms with Crippen LogP contribution in [0.5, 0.6) is 0 Å². The van der Waals surface area contributed by atoms with E-state index in [9.17, 15) is 4.79 Å². The Balaban J connectivity index is 1.90. The van der Waals surface area contributed by atoms with E-state index in [2.05, 4.69) is 24.4 Å². The van der Waals surface area contributed by atoms with Crippen LogP contribution in [-0.2, 0) is 6.54 Å². The Morgan fingerprint density at radius 2 is 1.95 bits per heavy atom. The molecule has 0 aliphatic carbocycles. The van der Waals surface area contributed by atoms with Gasteiger partial charge in [0.25, 0.3) is 0 Å². The molecule has 0 saturated carbocycles. The Hall–Kier alpha value is -1.84. The van der Waals surface area contributed by atoms with E-state index >= 15 is 0 Å². The molecule has 21 heavy (non-hydrogen) atoms. The average molecular weight is 303 g/mol. The first-order chi connectivity index (χ1) is 10.1. The lowest BCUT2D eigenvalue weighted by molar-refractivity contribution is 0.100. The maximum absolute atomic E-state index is 11.1. The third kappa shape index (κ3) is 4.31. The highest BCUT2D eigenvalue weighted by atomic mass is 35.5. The molecule has 3 nitrogen and oxygen atoms in total. The molecular weight excluding hydrogens is 284 g/mol. The van der Waals surface area contributed by atoms with Crippen LogP contribution in [0.25, 0.3) is 0 Å². The number of amides is 1. The van der Waals surface area contributed by atoms with Crippen molar-refractivity contribution in [1.82, 2.24) is 5.32 Å². The summed E-state index contributed by atoms with van der Waals surface area (Å²) >= 11 is 6.16. The molecule has 0 spiro atoms. The Morgan fingerprint density at radius 3 is 2.57 bits per heavy atom. The summed E-state index contributed by atoms with van der Waals surface area (Å²) in [7, 11) is 0. The van der Waals surface area contributed by atoms with Crippen LogP contribution in [0.1, 0.15) is 34.3 Å². The molecule has 1 amide bonds. The van der Waals surface area contributed by atoms with Gasteiger partial charge in [-0.25, -0.2) is 0 Å². The maximum atomic E-state index is 11.1. The molecule has 0 bridgehead atoms. The van der Waals surface area contributed by atoms with Crippen molar-refractivity contribution in [3.05, 3.63) is 70.2 Å². The van der Waals surface area contributed by atoms with Crippen LogP contribution < -0.4 is 11.1 Å². The van der Waals surface area contributed by atoms with Crippen LogP contribution in [0.3, 0.4) is 0 Å². The molecule has 0 fully saturated rings. The SMILES string of the molecule is CC(CNCc1ccc(C(N)=O)cc1Cl)c1ccccc1. The van der Waals surface area contributed by atoms with E-state index < -0.39 is 5.91 Å². The molecule has 110 valence electrons. The zero-order chi connectivity index (χ0) is 15.2. The molecule has 2 aromatic rings. The normalized spacial score (nSPS) is 12.1. The monoisotopic (exact) mass is 302 g/mol. The molecule has 0 heterocycles. The first-order valence-corrected chi connectivity index (χ1v) is 7.29. The van der Waals surface area contributed by atoms with Gasteiger partial charge in [0, 0.05) is 23.7 Å². The van der Waals surface area contributed by atoms with Crippen LogP contribution in [0, 0.1) is 0 Å². The van der Waals surface area contributed by atoms with Crippen LogP contribution in [0.2, 0.25) is 5.02 Å². The van der Waals surface area contributed by atoms with Crippen molar-refractivity contribution < 1.29 is 4.79 Å². The first-order valence-electron chi connectivity index (χ1n) is 6.92. The fourth-order valence-electron chi connectivity index (χ4n) is 2.17. The molecule has 0 saturated heterocycles. The number of nitrogens with one attached hydrogen (secondary N) is 1. The van der Waals surface area contributed by atoms with Gasteiger partial charge < -0.3 is 11.1 Å². The minimum Gasteiger partial charge on any atom is -0.366 e. The van der Waals surface area contributed by atoms with Crippen LogP contribution in [-0.4, -0.2) is 12.5 Å². The minimum absolute atomic E-state index is 0.426. The van der Waals surface area contributed by atoms with Gasteiger partial charge in [0.2, 0.25) is 5.91 Å². The second-order valence-electron chi connectivity index (χ2n) is 5.11. The highest BCUT2D eigenvalue weighted by Gasteiger charge is 2.07. The van der Waals surface area contributed by atoms with Gasteiger partial charge in [0.15, 0.2) is 0 Å². The van der Waals surface area contributed by atoms with Gasteiger partial charge >= 0.3 is 0 Å². The molecule has 3 N–H and O–H groups in total. The molecule has 2 rings (SSSR count). The van der Waals surface area contributed by atoms with Crippen molar-refractivity contribution >= 4 is 17.5 Å². The molecule has 0 aromatic heterocycles. The van der Waals surface area contributed by atoms with Crippen molar-refractivity contribution in [2.24, 2.45) is 5.73 Å². The van der Waals surface area contributed by atoms with E-state index in [1.165, 1.54) is 5.56 Å². The molecule has 2 aromatic carbocycles. The van der Waals surface area contributed by atoms with E-state index in [0.29, 0.717) is 23.0 Å². The highest BCUT2D eigenvalue weighted by molar-refractivity contribution is 6.31. The Bertz CT molecular complexity index is 613. The van der Waals surface area contributed by atoms with E-state index in [1.54, 1.807) is 12.1 Å². The average Bonchev–Trinajstić information content (AvgIpc) is 2.49. The third-order valence-corrected chi connectivity index (χ3v) is 3.82. The Kier molecular flexibility index (Phi) is 5.37. The molecular formula is C17H19ClN2O. The van der Waals surface area contributed by atoms with E-state index in [4.69, 9.17) is 17.3 Å². The molecule has 0 radical (unpaired) electrons. The van der Waals surface area contributed by atoms with Gasteiger partial charge in [0.1, 0.15) is 0 Å². The standard InChI is InChI=1S/C17H19ClN2O/c1-12(13-5-3-2-4-6-13)10-20-11-15-8-7-14(17(19)21)9-16(15)18/h2-9,12,20H,10-11H2,1H3,(H2,19,21). The summed E-state index contributed by atoms with van der Waals surface area (Å²) in [4.78, 5) is 11.1. The summed E-state index contributed by atoms with van der Waals surface area (Å²) in [5, 5.41) is 3.95. The number of nitrogens with two attached hydrogens (primary N) is 1. The van der Waals surface area contributed by atoms with Crippen molar-refractivity contribution in [1.29, 1.82) is 0 Å². The number of rotatable bonds is 6. The smallest absolute Gasteiger partial charge is 0.248 e. The summed E-state index contributed by atoms with van der Waals surface area (Å²) in [5.74, 6) is -0.0380. The first kappa shape index (κ1) is 15.5. The summed E-state index contributed by atoms with van der Waals surface area (Å²) in [6.45, 7) is 3.70. The van der Waals surface area contributed by atoms with Crippen LogP contribution in [0.15, 0.2) is 48.5 Å². The van der Waals surface area contributed by atoms with Crippen LogP contribution >= 0.6 is 11.6 Å². The highest BCUT2D eigenvalue weighted by Crippen LogP contribution is 2.18. The van der Waals surface area contributed by atoms with E-state index in [-0.39, 0.29) is 0 Å². The zero-order valence-electron chi connectivity index (χ0n) is 12.0. The van der Waals surface area contributed by atoms with Gasteiger partial charge in [-0.2, -0.15) is 0 Å². The molecule has 1 unspecified atom stereocenters. The van der Waals surface area contributed by atoms with E-state index in [0.717, 1.165) is 12.1 Å². The maximum Gasteiger partial charge on any atom is 0.248 e. The third-order valence-electron chi connectivity index (χ3n) is 3.47. The summed E-state index contributed by atoms with van der Waals surface area (Å²) in [6, 6.07) is 15.5. The quantitative estimate of drug-likeness (QED) is 0.860. The molecule has 0 aliphatic rings. The lowest BCUT2D eigenvalue weighted by atomic mass is 10.0. The van der Waals surface area contributed by atoms with Gasteiger partial charge in [-0.1, -0.05) is 54.9 Å². The molecule has 0 aliphatic heterocycles. The lowest BCUT2D eigenvalue weighted by Crippen LogP contribution is -2.20. The summed E-state index contributed by atoms with van der Waals surface area (Å²) in [5.41, 5.74) is 7.92. The fourth-order valence-corrected chi connectivity index (χ4v) is 2.41. The van der Waals surface area contributed by atoms with Crippen molar-refractivity contribution in [3.63, 3.8) is 0 Å². The Labute approximate surface area is 130 Å². The number of hydrogen-bond acceptors (Lipinski definition) is 2.